The number of piperidine rings is 1. The molecule has 1 aromatic heterocycles. The molecule has 1 aromatic rings. The van der Waals surface area contributed by atoms with E-state index in [1.807, 2.05) is 5.38 Å². The van der Waals surface area contributed by atoms with E-state index in [1.165, 1.54) is 11.3 Å². The van der Waals surface area contributed by atoms with Crippen molar-refractivity contribution in [3.63, 3.8) is 0 Å². The standard InChI is InChI=1S/C12H21N3O2S/c16-12-15-10(9-18-12)8-14-4-1-7-17-11-2-5-13-6-3-11/h9,11,13-14H,1-8H2,(H,15,16). The van der Waals surface area contributed by atoms with Gasteiger partial charge >= 0.3 is 4.87 Å². The van der Waals surface area contributed by atoms with E-state index in [-0.39, 0.29) is 4.87 Å². The summed E-state index contributed by atoms with van der Waals surface area (Å²) < 4.78 is 5.80. The molecule has 0 atom stereocenters. The predicted octanol–water partition coefficient (Wildman–Crippen LogP) is 0.685. The molecule has 0 saturated carbocycles. The first-order valence-electron chi connectivity index (χ1n) is 6.54. The van der Waals surface area contributed by atoms with Crippen molar-refractivity contribution >= 4 is 11.3 Å². The van der Waals surface area contributed by atoms with Crippen LogP contribution in [0.15, 0.2) is 10.2 Å². The van der Waals surface area contributed by atoms with Crippen LogP contribution in [0.4, 0.5) is 0 Å². The summed E-state index contributed by atoms with van der Waals surface area (Å²) in [5, 5.41) is 8.48. The van der Waals surface area contributed by atoms with Crippen LogP contribution in [0.25, 0.3) is 0 Å². The molecule has 0 aromatic carbocycles. The number of rotatable bonds is 7. The van der Waals surface area contributed by atoms with Crippen molar-refractivity contribution in [3.8, 4) is 0 Å². The second-order valence-corrected chi connectivity index (χ2v) is 5.37. The van der Waals surface area contributed by atoms with Crippen molar-refractivity contribution in [1.82, 2.24) is 15.6 Å². The van der Waals surface area contributed by atoms with Gasteiger partial charge in [0.05, 0.1) is 6.10 Å². The van der Waals surface area contributed by atoms with Crippen molar-refractivity contribution in [3.05, 3.63) is 20.7 Å². The number of hydrogen-bond donors (Lipinski definition) is 3. The fourth-order valence-corrected chi connectivity index (χ4v) is 2.61. The molecule has 102 valence electrons. The summed E-state index contributed by atoms with van der Waals surface area (Å²) in [5.41, 5.74) is 0.962. The highest BCUT2D eigenvalue weighted by Crippen LogP contribution is 2.07. The third-order valence-corrected chi connectivity index (χ3v) is 3.74. The van der Waals surface area contributed by atoms with E-state index in [4.69, 9.17) is 4.74 Å². The Bertz CT molecular complexity index is 385. The zero-order valence-electron chi connectivity index (χ0n) is 10.5. The van der Waals surface area contributed by atoms with Crippen LogP contribution in [0, 0.1) is 0 Å². The van der Waals surface area contributed by atoms with Crippen LogP contribution in [0.2, 0.25) is 0 Å². The molecule has 6 heteroatoms. The molecule has 1 saturated heterocycles. The van der Waals surface area contributed by atoms with Crippen molar-refractivity contribution in [2.75, 3.05) is 26.2 Å². The van der Waals surface area contributed by atoms with Gasteiger partial charge in [0.15, 0.2) is 0 Å². The highest BCUT2D eigenvalue weighted by atomic mass is 32.1. The summed E-state index contributed by atoms with van der Waals surface area (Å²) in [6.45, 7) is 4.62. The number of aromatic nitrogens is 1. The molecule has 3 N–H and O–H groups in total. The van der Waals surface area contributed by atoms with E-state index < -0.39 is 0 Å². The van der Waals surface area contributed by atoms with Gasteiger partial charge in [0.1, 0.15) is 0 Å². The van der Waals surface area contributed by atoms with Crippen molar-refractivity contribution in [2.24, 2.45) is 0 Å². The Hall–Kier alpha value is -0.690. The van der Waals surface area contributed by atoms with Crippen molar-refractivity contribution < 1.29 is 4.74 Å². The van der Waals surface area contributed by atoms with E-state index >= 15 is 0 Å². The maximum Gasteiger partial charge on any atom is 0.304 e. The number of thiazole rings is 1. The molecule has 0 bridgehead atoms. The van der Waals surface area contributed by atoms with Gasteiger partial charge in [-0.3, -0.25) is 4.79 Å². The summed E-state index contributed by atoms with van der Waals surface area (Å²) in [6, 6.07) is 0. The number of H-pyrrole nitrogens is 1. The quantitative estimate of drug-likeness (QED) is 0.638. The second-order valence-electron chi connectivity index (χ2n) is 4.52. The Morgan fingerprint density at radius 3 is 3.00 bits per heavy atom. The SMILES string of the molecule is O=c1[nH]c(CNCCCOC2CCNCC2)cs1. The lowest BCUT2D eigenvalue weighted by atomic mass is 10.1. The lowest BCUT2D eigenvalue weighted by Crippen LogP contribution is -2.32. The molecule has 1 fully saturated rings. The topological polar surface area (TPSA) is 66.2 Å². The average Bonchev–Trinajstić information content (AvgIpc) is 2.81. The second kappa shape index (κ2) is 7.68. The number of aromatic amines is 1. The molecule has 0 spiro atoms. The van der Waals surface area contributed by atoms with Gasteiger partial charge in [-0.15, -0.1) is 0 Å². The summed E-state index contributed by atoms with van der Waals surface area (Å²) in [7, 11) is 0. The summed E-state index contributed by atoms with van der Waals surface area (Å²) in [6.07, 6.45) is 3.71. The Morgan fingerprint density at radius 2 is 2.28 bits per heavy atom. The Kier molecular flexibility index (Phi) is 5.86. The van der Waals surface area contributed by atoms with Gasteiger partial charge in [0, 0.05) is 24.2 Å². The first-order chi connectivity index (χ1) is 8.84. The molecule has 5 nitrogen and oxygen atoms in total. The molecular formula is C12H21N3O2S. The van der Waals surface area contributed by atoms with Crippen LogP contribution >= 0.6 is 11.3 Å². The maximum absolute atomic E-state index is 10.9. The van der Waals surface area contributed by atoms with Gasteiger partial charge in [-0.05, 0) is 38.9 Å². The molecule has 18 heavy (non-hydrogen) atoms. The molecule has 0 unspecified atom stereocenters. The van der Waals surface area contributed by atoms with E-state index in [0.717, 1.165) is 57.7 Å². The Balaban J connectivity index is 1.47. The van der Waals surface area contributed by atoms with Crippen LogP contribution in [0.3, 0.4) is 0 Å². The first kappa shape index (κ1) is 13.7. The van der Waals surface area contributed by atoms with E-state index in [1.54, 1.807) is 0 Å². The molecule has 1 aliphatic rings. The summed E-state index contributed by atoms with van der Waals surface area (Å²) in [5.74, 6) is 0. The predicted molar refractivity (Wildman–Crippen MR) is 73.1 cm³/mol. The van der Waals surface area contributed by atoms with Crippen LogP contribution in [-0.2, 0) is 11.3 Å². The summed E-state index contributed by atoms with van der Waals surface area (Å²) in [4.78, 5) is 13.7. The monoisotopic (exact) mass is 271 g/mol. The minimum Gasteiger partial charge on any atom is -0.378 e. The largest absolute Gasteiger partial charge is 0.378 e. The molecule has 0 amide bonds. The van der Waals surface area contributed by atoms with Crippen LogP contribution in [0.1, 0.15) is 25.0 Å². The molecular weight excluding hydrogens is 250 g/mol. The zero-order valence-corrected chi connectivity index (χ0v) is 11.4. The van der Waals surface area contributed by atoms with Crippen LogP contribution in [-0.4, -0.2) is 37.3 Å². The third-order valence-electron chi connectivity index (χ3n) is 3.02. The minimum absolute atomic E-state index is 0.0149. The van der Waals surface area contributed by atoms with Gasteiger partial charge < -0.3 is 20.4 Å². The molecule has 0 radical (unpaired) electrons. The van der Waals surface area contributed by atoms with Crippen molar-refractivity contribution in [2.45, 2.75) is 31.9 Å². The van der Waals surface area contributed by atoms with Crippen molar-refractivity contribution in [1.29, 1.82) is 0 Å². The third kappa shape index (κ3) is 4.89. The Morgan fingerprint density at radius 1 is 1.44 bits per heavy atom. The number of ether oxygens (including phenoxy) is 1. The minimum atomic E-state index is 0.0149. The molecule has 0 aliphatic carbocycles. The lowest BCUT2D eigenvalue weighted by Gasteiger charge is -2.22. The lowest BCUT2D eigenvalue weighted by molar-refractivity contribution is 0.0317. The summed E-state index contributed by atoms with van der Waals surface area (Å²) >= 11 is 1.21. The number of hydrogen-bond acceptors (Lipinski definition) is 5. The average molecular weight is 271 g/mol. The zero-order chi connectivity index (χ0) is 12.6. The highest BCUT2D eigenvalue weighted by Gasteiger charge is 2.12. The van der Waals surface area contributed by atoms with Gasteiger partial charge in [-0.1, -0.05) is 11.3 Å². The maximum atomic E-state index is 10.9. The van der Waals surface area contributed by atoms with Crippen LogP contribution < -0.4 is 15.5 Å². The fourth-order valence-electron chi connectivity index (χ4n) is 2.03. The fraction of sp³-hybridized carbons (Fsp3) is 0.750. The van der Waals surface area contributed by atoms with Gasteiger partial charge in [0.2, 0.25) is 0 Å². The van der Waals surface area contributed by atoms with Gasteiger partial charge in [-0.2, -0.15) is 0 Å². The first-order valence-corrected chi connectivity index (χ1v) is 7.42. The van der Waals surface area contributed by atoms with E-state index in [0.29, 0.717) is 6.10 Å². The smallest absolute Gasteiger partial charge is 0.304 e. The number of nitrogens with one attached hydrogen (secondary N) is 3. The molecule has 2 heterocycles. The van der Waals surface area contributed by atoms with Crippen LogP contribution in [0.5, 0.6) is 0 Å². The van der Waals surface area contributed by atoms with E-state index in [9.17, 15) is 4.79 Å². The van der Waals surface area contributed by atoms with Gasteiger partial charge in [0.25, 0.3) is 0 Å². The Labute approximate surface area is 111 Å². The highest BCUT2D eigenvalue weighted by molar-refractivity contribution is 7.07. The van der Waals surface area contributed by atoms with Gasteiger partial charge in [-0.25, -0.2) is 0 Å². The molecule has 2 rings (SSSR count). The normalized spacial score (nSPS) is 17.1. The van der Waals surface area contributed by atoms with E-state index in [2.05, 4.69) is 15.6 Å². The molecule has 1 aliphatic heterocycles.